The summed E-state index contributed by atoms with van der Waals surface area (Å²) < 4.78 is 1.53. The van der Waals surface area contributed by atoms with Crippen molar-refractivity contribution in [2.24, 2.45) is 11.1 Å². The quantitative estimate of drug-likeness (QED) is 0.649. The number of nitrogen functional groups attached to an aromatic ring is 1. The Hall–Kier alpha value is -2.93. The second-order valence-corrected chi connectivity index (χ2v) is 7.31. The summed E-state index contributed by atoms with van der Waals surface area (Å²) in [5.74, 6) is -0.427. The lowest BCUT2D eigenvalue weighted by molar-refractivity contribution is 0.100. The first-order chi connectivity index (χ1) is 12.2. The molecule has 136 valence electrons. The summed E-state index contributed by atoms with van der Waals surface area (Å²) in [7, 11) is 0. The summed E-state index contributed by atoms with van der Waals surface area (Å²) in [6, 6.07) is 9.55. The molecular weight excluding hydrogens is 330 g/mol. The number of fused-ring (bicyclic) bond motifs is 1. The Bertz CT molecular complexity index is 991. The maximum absolute atomic E-state index is 12.0. The number of nitrogens with zero attached hydrogens (tertiary/aromatic N) is 3. The van der Waals surface area contributed by atoms with Crippen molar-refractivity contribution in [2.75, 3.05) is 12.3 Å². The average molecular weight is 353 g/mol. The number of rotatable bonds is 5. The monoisotopic (exact) mass is 353 g/mol. The van der Waals surface area contributed by atoms with E-state index >= 15 is 0 Å². The SMILES string of the molecule is Cc1ccc2cc(-c3nn(CC(C)(C)CO)c(N)c3C(N)=O)ccc2n1. The van der Waals surface area contributed by atoms with E-state index in [-0.39, 0.29) is 18.0 Å². The van der Waals surface area contributed by atoms with Gasteiger partial charge >= 0.3 is 0 Å². The molecule has 7 nitrogen and oxygen atoms in total. The number of aromatic nitrogens is 3. The molecule has 0 radical (unpaired) electrons. The van der Waals surface area contributed by atoms with Crippen LogP contribution in [0, 0.1) is 12.3 Å². The Labute approximate surface area is 151 Å². The highest BCUT2D eigenvalue weighted by Gasteiger charge is 2.25. The number of carbonyl (C=O) groups is 1. The van der Waals surface area contributed by atoms with Crippen LogP contribution in [0.5, 0.6) is 0 Å². The van der Waals surface area contributed by atoms with Crippen molar-refractivity contribution in [3.63, 3.8) is 0 Å². The topological polar surface area (TPSA) is 120 Å². The average Bonchev–Trinajstić information content (AvgIpc) is 2.90. The number of aliphatic hydroxyl groups is 1. The van der Waals surface area contributed by atoms with Gasteiger partial charge in [-0.05, 0) is 25.1 Å². The standard InChI is InChI=1S/C19H23N5O2/c1-11-4-5-12-8-13(6-7-14(12)22-11)16-15(18(21)26)17(20)24(23-16)9-19(2,3)10-25/h4-8,25H,9-10,20H2,1-3H3,(H2,21,26). The summed E-state index contributed by atoms with van der Waals surface area (Å²) in [5.41, 5.74) is 14.4. The first-order valence-corrected chi connectivity index (χ1v) is 8.36. The third-order valence-electron chi connectivity index (χ3n) is 4.35. The molecular formula is C19H23N5O2. The second-order valence-electron chi connectivity index (χ2n) is 7.31. The number of aliphatic hydroxyl groups excluding tert-OH is 1. The zero-order valence-corrected chi connectivity index (χ0v) is 15.2. The minimum Gasteiger partial charge on any atom is -0.396 e. The number of anilines is 1. The molecule has 0 fully saturated rings. The van der Waals surface area contributed by atoms with Crippen LogP contribution in [0.4, 0.5) is 5.82 Å². The number of primary amides is 1. The third kappa shape index (κ3) is 3.25. The molecule has 7 heteroatoms. The smallest absolute Gasteiger partial charge is 0.254 e. The van der Waals surface area contributed by atoms with Gasteiger partial charge in [0, 0.05) is 28.7 Å². The van der Waals surface area contributed by atoms with Crippen LogP contribution in [0.15, 0.2) is 30.3 Å². The molecule has 0 bridgehead atoms. The van der Waals surface area contributed by atoms with E-state index in [0.717, 1.165) is 22.2 Å². The van der Waals surface area contributed by atoms with Crippen LogP contribution in [0.3, 0.4) is 0 Å². The van der Waals surface area contributed by atoms with Crippen LogP contribution in [-0.4, -0.2) is 32.4 Å². The Morgan fingerprint density at radius 1 is 1.27 bits per heavy atom. The fraction of sp³-hybridized carbons (Fsp3) is 0.316. The van der Waals surface area contributed by atoms with Crippen molar-refractivity contribution in [1.29, 1.82) is 0 Å². The van der Waals surface area contributed by atoms with Crippen molar-refractivity contribution < 1.29 is 9.90 Å². The van der Waals surface area contributed by atoms with E-state index in [0.29, 0.717) is 12.2 Å². The number of benzene rings is 1. The molecule has 1 amide bonds. The van der Waals surface area contributed by atoms with Crippen LogP contribution in [-0.2, 0) is 6.54 Å². The number of amides is 1. The van der Waals surface area contributed by atoms with Gasteiger partial charge in [-0.25, -0.2) is 4.68 Å². The zero-order valence-electron chi connectivity index (χ0n) is 15.2. The van der Waals surface area contributed by atoms with Gasteiger partial charge in [0.1, 0.15) is 17.1 Å². The van der Waals surface area contributed by atoms with Gasteiger partial charge in [-0.1, -0.05) is 26.0 Å². The van der Waals surface area contributed by atoms with Gasteiger partial charge in [0.2, 0.25) is 0 Å². The van der Waals surface area contributed by atoms with Gasteiger partial charge < -0.3 is 16.6 Å². The van der Waals surface area contributed by atoms with E-state index in [1.54, 1.807) is 0 Å². The van der Waals surface area contributed by atoms with Crippen molar-refractivity contribution >= 4 is 22.6 Å². The molecule has 3 aromatic rings. The summed E-state index contributed by atoms with van der Waals surface area (Å²) in [6.07, 6.45) is 0. The molecule has 0 saturated carbocycles. The molecule has 0 saturated heterocycles. The fourth-order valence-electron chi connectivity index (χ4n) is 2.87. The molecule has 0 aliphatic carbocycles. The molecule has 0 aliphatic rings. The van der Waals surface area contributed by atoms with Gasteiger partial charge in [-0.3, -0.25) is 9.78 Å². The lowest BCUT2D eigenvalue weighted by Crippen LogP contribution is -2.25. The molecule has 3 rings (SSSR count). The molecule has 1 aromatic carbocycles. The highest BCUT2D eigenvalue weighted by atomic mass is 16.3. The maximum atomic E-state index is 12.0. The number of pyridine rings is 1. The van der Waals surface area contributed by atoms with Gasteiger partial charge in [0.05, 0.1) is 12.1 Å². The predicted octanol–water partition coefficient (Wildman–Crippen LogP) is 2.11. The molecule has 26 heavy (non-hydrogen) atoms. The number of hydrogen-bond donors (Lipinski definition) is 3. The molecule has 2 heterocycles. The summed E-state index contributed by atoms with van der Waals surface area (Å²) in [4.78, 5) is 16.5. The van der Waals surface area contributed by atoms with Crippen molar-refractivity contribution in [2.45, 2.75) is 27.3 Å². The summed E-state index contributed by atoms with van der Waals surface area (Å²) >= 11 is 0. The van der Waals surface area contributed by atoms with Crippen LogP contribution < -0.4 is 11.5 Å². The van der Waals surface area contributed by atoms with Crippen LogP contribution in [0.1, 0.15) is 29.9 Å². The molecule has 0 spiro atoms. The zero-order chi connectivity index (χ0) is 19.1. The Morgan fingerprint density at radius 3 is 2.65 bits per heavy atom. The Morgan fingerprint density at radius 2 is 2.00 bits per heavy atom. The maximum Gasteiger partial charge on any atom is 0.254 e. The summed E-state index contributed by atoms with van der Waals surface area (Å²) in [5, 5.41) is 15.0. The highest BCUT2D eigenvalue weighted by Crippen LogP contribution is 2.31. The summed E-state index contributed by atoms with van der Waals surface area (Å²) in [6.45, 7) is 6.05. The van der Waals surface area contributed by atoms with Gasteiger partial charge in [0.25, 0.3) is 5.91 Å². The number of nitrogens with two attached hydrogens (primary N) is 2. The highest BCUT2D eigenvalue weighted by molar-refractivity contribution is 6.04. The van der Waals surface area contributed by atoms with Gasteiger partial charge in [-0.2, -0.15) is 5.10 Å². The normalized spacial score (nSPS) is 11.8. The van der Waals surface area contributed by atoms with Crippen LogP contribution in [0.25, 0.3) is 22.2 Å². The van der Waals surface area contributed by atoms with Gasteiger partial charge in [-0.15, -0.1) is 0 Å². The second kappa shape index (κ2) is 6.42. The first-order valence-electron chi connectivity index (χ1n) is 8.36. The predicted molar refractivity (Wildman–Crippen MR) is 101 cm³/mol. The minimum absolute atomic E-state index is 0.0332. The van der Waals surface area contributed by atoms with Crippen LogP contribution >= 0.6 is 0 Å². The minimum atomic E-state index is -0.632. The van der Waals surface area contributed by atoms with Gasteiger partial charge in [0.15, 0.2) is 0 Å². The van der Waals surface area contributed by atoms with Crippen molar-refractivity contribution in [3.05, 3.63) is 41.6 Å². The largest absolute Gasteiger partial charge is 0.396 e. The molecule has 0 atom stereocenters. The van der Waals surface area contributed by atoms with E-state index < -0.39 is 11.3 Å². The number of carbonyl (C=O) groups excluding carboxylic acids is 1. The van der Waals surface area contributed by atoms with E-state index in [1.165, 1.54) is 4.68 Å². The van der Waals surface area contributed by atoms with Crippen molar-refractivity contribution in [3.8, 4) is 11.3 Å². The van der Waals surface area contributed by atoms with E-state index in [9.17, 15) is 9.90 Å². The third-order valence-corrected chi connectivity index (χ3v) is 4.35. The number of hydrogen-bond acceptors (Lipinski definition) is 5. The Balaban J connectivity index is 2.14. The van der Waals surface area contributed by atoms with E-state index in [1.807, 2.05) is 51.1 Å². The number of aryl methyl sites for hydroxylation is 1. The lowest BCUT2D eigenvalue weighted by Gasteiger charge is -2.21. The molecule has 0 aliphatic heterocycles. The lowest BCUT2D eigenvalue weighted by atomic mass is 9.95. The van der Waals surface area contributed by atoms with Crippen molar-refractivity contribution in [1.82, 2.24) is 14.8 Å². The molecule has 2 aromatic heterocycles. The fourth-order valence-corrected chi connectivity index (χ4v) is 2.87. The van der Waals surface area contributed by atoms with Crippen LogP contribution in [0.2, 0.25) is 0 Å². The Kier molecular flexibility index (Phi) is 4.41. The molecule has 5 N–H and O–H groups in total. The molecule has 0 unspecified atom stereocenters. The van der Waals surface area contributed by atoms with E-state index in [2.05, 4.69) is 10.1 Å². The van der Waals surface area contributed by atoms with E-state index in [4.69, 9.17) is 11.5 Å². The first kappa shape index (κ1) is 17.9.